The molecule has 3 heteroatoms. The van der Waals surface area contributed by atoms with Crippen molar-refractivity contribution in [1.29, 1.82) is 0 Å². The predicted molar refractivity (Wildman–Crippen MR) is 77.5 cm³/mol. The zero-order chi connectivity index (χ0) is 11.8. The number of aliphatic hydroxyl groups is 1. The molecule has 0 aliphatic carbocycles. The standard InChI is InChI=1S/C13H26OS2/c1-3-5-6-11(4-2)9-12(14)13-10-15-7-8-16-13/h11-14H,3-10H2,1-2H3. The van der Waals surface area contributed by atoms with Crippen LogP contribution in [0.3, 0.4) is 0 Å². The van der Waals surface area contributed by atoms with Gasteiger partial charge in [-0.2, -0.15) is 23.5 Å². The van der Waals surface area contributed by atoms with Crippen LogP contribution in [0.2, 0.25) is 0 Å². The molecule has 3 atom stereocenters. The molecular formula is C13H26OS2. The Morgan fingerprint density at radius 2 is 2.12 bits per heavy atom. The average molecular weight is 262 g/mol. The fourth-order valence-electron chi connectivity index (χ4n) is 2.20. The van der Waals surface area contributed by atoms with Crippen LogP contribution in [0.1, 0.15) is 46.0 Å². The minimum atomic E-state index is -0.0698. The molecule has 0 amide bonds. The Morgan fingerprint density at radius 1 is 1.31 bits per heavy atom. The number of rotatable bonds is 7. The Balaban J connectivity index is 2.26. The molecule has 0 aromatic carbocycles. The molecule has 16 heavy (non-hydrogen) atoms. The van der Waals surface area contributed by atoms with E-state index in [4.69, 9.17) is 0 Å². The molecule has 1 heterocycles. The minimum Gasteiger partial charge on any atom is -0.392 e. The lowest BCUT2D eigenvalue weighted by Crippen LogP contribution is -2.30. The number of aliphatic hydroxyl groups excluding tert-OH is 1. The molecule has 1 rings (SSSR count). The molecule has 0 saturated carbocycles. The smallest absolute Gasteiger partial charge is 0.0669 e. The lowest BCUT2D eigenvalue weighted by atomic mass is 9.92. The normalized spacial score (nSPS) is 25.3. The van der Waals surface area contributed by atoms with Gasteiger partial charge in [0.15, 0.2) is 0 Å². The van der Waals surface area contributed by atoms with Gasteiger partial charge in [0.05, 0.1) is 6.10 Å². The van der Waals surface area contributed by atoms with Crippen molar-refractivity contribution in [2.45, 2.75) is 57.3 Å². The molecule has 1 nitrogen and oxygen atoms in total. The highest BCUT2D eigenvalue weighted by atomic mass is 32.2. The third-order valence-corrected chi connectivity index (χ3v) is 6.29. The van der Waals surface area contributed by atoms with E-state index in [1.165, 1.54) is 37.2 Å². The summed E-state index contributed by atoms with van der Waals surface area (Å²) in [5.41, 5.74) is 0. The van der Waals surface area contributed by atoms with Crippen LogP contribution < -0.4 is 0 Å². The van der Waals surface area contributed by atoms with E-state index < -0.39 is 0 Å². The highest BCUT2D eigenvalue weighted by Gasteiger charge is 2.24. The van der Waals surface area contributed by atoms with Crippen molar-refractivity contribution in [3.8, 4) is 0 Å². The van der Waals surface area contributed by atoms with Crippen molar-refractivity contribution < 1.29 is 5.11 Å². The summed E-state index contributed by atoms with van der Waals surface area (Å²) >= 11 is 3.98. The Kier molecular flexibility index (Phi) is 8.01. The number of hydrogen-bond acceptors (Lipinski definition) is 3. The number of thioether (sulfide) groups is 2. The van der Waals surface area contributed by atoms with Gasteiger partial charge < -0.3 is 5.11 Å². The van der Waals surface area contributed by atoms with Gasteiger partial charge in [-0.1, -0.05) is 39.5 Å². The molecule has 1 fully saturated rings. The van der Waals surface area contributed by atoms with E-state index in [1.54, 1.807) is 0 Å². The first-order valence-electron chi connectivity index (χ1n) is 6.65. The van der Waals surface area contributed by atoms with Gasteiger partial charge in [0.2, 0.25) is 0 Å². The lowest BCUT2D eigenvalue weighted by molar-refractivity contribution is 0.139. The largest absolute Gasteiger partial charge is 0.392 e. The highest BCUT2D eigenvalue weighted by Crippen LogP contribution is 2.30. The molecule has 0 spiro atoms. The Labute approximate surface area is 109 Å². The van der Waals surface area contributed by atoms with E-state index in [0.29, 0.717) is 5.25 Å². The maximum Gasteiger partial charge on any atom is 0.0669 e. The summed E-state index contributed by atoms with van der Waals surface area (Å²) < 4.78 is 0. The summed E-state index contributed by atoms with van der Waals surface area (Å²) in [6, 6.07) is 0. The van der Waals surface area contributed by atoms with Crippen molar-refractivity contribution in [1.82, 2.24) is 0 Å². The van der Waals surface area contributed by atoms with Gasteiger partial charge in [-0.15, -0.1) is 0 Å². The summed E-state index contributed by atoms with van der Waals surface area (Å²) in [4.78, 5) is 0. The number of hydrogen-bond donors (Lipinski definition) is 1. The monoisotopic (exact) mass is 262 g/mol. The second-order valence-corrected chi connectivity index (χ2v) is 7.20. The molecule has 0 bridgehead atoms. The van der Waals surface area contributed by atoms with E-state index in [9.17, 15) is 5.11 Å². The molecule has 0 radical (unpaired) electrons. The van der Waals surface area contributed by atoms with Crippen molar-refractivity contribution >= 4 is 23.5 Å². The quantitative estimate of drug-likeness (QED) is 0.753. The summed E-state index contributed by atoms with van der Waals surface area (Å²) in [6.07, 6.45) is 6.07. The first kappa shape index (κ1) is 14.7. The van der Waals surface area contributed by atoms with Gasteiger partial charge in [0.25, 0.3) is 0 Å². The van der Waals surface area contributed by atoms with Crippen molar-refractivity contribution in [3.63, 3.8) is 0 Å². The van der Waals surface area contributed by atoms with Crippen molar-refractivity contribution in [2.24, 2.45) is 5.92 Å². The van der Waals surface area contributed by atoms with Gasteiger partial charge in [0.1, 0.15) is 0 Å². The van der Waals surface area contributed by atoms with Gasteiger partial charge in [-0.25, -0.2) is 0 Å². The van der Waals surface area contributed by atoms with Crippen LogP contribution in [0.25, 0.3) is 0 Å². The minimum absolute atomic E-state index is 0.0698. The Morgan fingerprint density at radius 3 is 2.69 bits per heavy atom. The number of unbranched alkanes of at least 4 members (excludes halogenated alkanes) is 1. The lowest BCUT2D eigenvalue weighted by Gasteiger charge is -2.28. The molecule has 1 N–H and O–H groups in total. The Hall–Kier alpha value is 0.660. The predicted octanol–water partition coefficient (Wildman–Crippen LogP) is 3.80. The maximum absolute atomic E-state index is 10.2. The van der Waals surface area contributed by atoms with Crippen LogP contribution in [-0.4, -0.2) is 33.7 Å². The van der Waals surface area contributed by atoms with E-state index >= 15 is 0 Å². The first-order valence-corrected chi connectivity index (χ1v) is 8.85. The topological polar surface area (TPSA) is 20.2 Å². The van der Waals surface area contributed by atoms with Crippen LogP contribution in [0.15, 0.2) is 0 Å². The zero-order valence-electron chi connectivity index (χ0n) is 10.7. The van der Waals surface area contributed by atoms with Gasteiger partial charge >= 0.3 is 0 Å². The third kappa shape index (κ3) is 5.33. The molecule has 0 aromatic rings. The summed E-state index contributed by atoms with van der Waals surface area (Å²) in [7, 11) is 0. The SMILES string of the molecule is CCCCC(CC)CC(O)C1CSCCS1. The molecule has 96 valence electrons. The average Bonchev–Trinajstić information content (AvgIpc) is 2.35. The zero-order valence-corrected chi connectivity index (χ0v) is 12.3. The van der Waals surface area contributed by atoms with E-state index in [2.05, 4.69) is 13.8 Å². The van der Waals surface area contributed by atoms with Crippen LogP contribution in [0, 0.1) is 5.92 Å². The van der Waals surface area contributed by atoms with Gasteiger partial charge in [0, 0.05) is 22.5 Å². The molecule has 1 aliphatic rings. The first-order chi connectivity index (χ1) is 7.77. The van der Waals surface area contributed by atoms with E-state index in [-0.39, 0.29) is 6.10 Å². The fraction of sp³-hybridized carbons (Fsp3) is 1.00. The Bertz CT molecular complexity index is 169. The summed E-state index contributed by atoms with van der Waals surface area (Å²) in [5, 5.41) is 10.7. The molecule has 0 aromatic heterocycles. The van der Waals surface area contributed by atoms with Gasteiger partial charge in [-0.3, -0.25) is 0 Å². The van der Waals surface area contributed by atoms with Crippen molar-refractivity contribution in [3.05, 3.63) is 0 Å². The second-order valence-electron chi connectivity index (χ2n) is 4.70. The molecular weight excluding hydrogens is 236 g/mol. The van der Waals surface area contributed by atoms with Crippen LogP contribution in [0.4, 0.5) is 0 Å². The summed E-state index contributed by atoms with van der Waals surface area (Å²) in [6.45, 7) is 4.51. The second kappa shape index (κ2) is 8.71. The van der Waals surface area contributed by atoms with Gasteiger partial charge in [-0.05, 0) is 12.3 Å². The molecule has 1 saturated heterocycles. The van der Waals surface area contributed by atoms with Crippen LogP contribution in [-0.2, 0) is 0 Å². The maximum atomic E-state index is 10.2. The third-order valence-electron chi connectivity index (χ3n) is 3.39. The van der Waals surface area contributed by atoms with Crippen LogP contribution in [0.5, 0.6) is 0 Å². The van der Waals surface area contributed by atoms with Crippen LogP contribution >= 0.6 is 23.5 Å². The highest BCUT2D eigenvalue weighted by molar-refractivity contribution is 8.06. The van der Waals surface area contributed by atoms with E-state index in [0.717, 1.165) is 18.1 Å². The molecule has 1 aliphatic heterocycles. The molecule has 3 unspecified atom stereocenters. The van der Waals surface area contributed by atoms with E-state index in [1.807, 2.05) is 23.5 Å². The summed E-state index contributed by atoms with van der Waals surface area (Å²) in [5.74, 6) is 4.37. The fourth-order valence-corrected chi connectivity index (χ4v) is 4.99. The van der Waals surface area contributed by atoms with Crippen molar-refractivity contribution in [2.75, 3.05) is 17.3 Å².